The fourth-order valence-corrected chi connectivity index (χ4v) is 0. The monoisotopic (exact) mass is 145 g/mol. The standard InChI is InChI=1S/2BO2.Co/c2*2-1-3;/q2*-1;+2. The molecule has 0 aromatic rings. The third kappa shape index (κ3) is 3210. The van der Waals surface area contributed by atoms with Gasteiger partial charge in [-0.15, -0.1) is 0 Å². The summed E-state index contributed by atoms with van der Waals surface area (Å²) in [6.45, 7) is 0. The molecule has 0 aliphatic carbocycles. The molecule has 0 amide bonds. The Morgan fingerprint density at radius 3 is 1.00 bits per heavy atom. The molecule has 0 rings (SSSR count). The van der Waals surface area contributed by atoms with Gasteiger partial charge in [0.2, 0.25) is 0 Å². The predicted molar refractivity (Wildman–Crippen MR) is 12.9 cm³/mol. The Labute approximate surface area is 51.7 Å². The third-order valence-corrected chi connectivity index (χ3v) is 0. The molecule has 7 heteroatoms. The Bertz CT molecular complexity index is 30.7. The molecule has 39 valence electrons. The Morgan fingerprint density at radius 2 is 1.00 bits per heavy atom. The summed E-state index contributed by atoms with van der Waals surface area (Å²) in [5, 5.41) is 16.5. The van der Waals surface area contributed by atoms with Crippen LogP contribution in [0.5, 0.6) is 0 Å². The average molecular weight is 145 g/mol. The summed E-state index contributed by atoms with van der Waals surface area (Å²) in [6, 6.07) is 0. The zero-order chi connectivity index (χ0) is 5.41. The van der Waals surface area contributed by atoms with Crippen LogP contribution in [-0.4, -0.2) is 14.7 Å². The van der Waals surface area contributed by atoms with Gasteiger partial charge in [-0.05, 0) is 0 Å². The largest absolute Gasteiger partial charge is 2.00 e. The van der Waals surface area contributed by atoms with Crippen LogP contribution in [0.3, 0.4) is 0 Å². The van der Waals surface area contributed by atoms with Crippen molar-refractivity contribution >= 4 is 14.7 Å². The van der Waals surface area contributed by atoms with E-state index in [1.165, 1.54) is 0 Å². The van der Waals surface area contributed by atoms with Gasteiger partial charge in [-0.3, -0.25) is 0 Å². The molecule has 4 nitrogen and oxygen atoms in total. The topological polar surface area (TPSA) is 80.3 Å². The Kier molecular flexibility index (Phi) is 91.5. The van der Waals surface area contributed by atoms with Crippen molar-refractivity contribution in [2.45, 2.75) is 0 Å². The average Bonchev–Trinajstić information content (AvgIpc) is 1.39. The summed E-state index contributed by atoms with van der Waals surface area (Å²) in [5.74, 6) is 0. The third-order valence-electron chi connectivity index (χ3n) is 0. The molecular weight excluding hydrogens is 145 g/mol. The summed E-state index contributed by atoms with van der Waals surface area (Å²) in [5.41, 5.74) is 0. The van der Waals surface area contributed by atoms with Gasteiger partial charge in [0.1, 0.15) is 0 Å². The Balaban J connectivity index is -0.0000000400. The fourth-order valence-electron chi connectivity index (χ4n) is 0. The van der Waals surface area contributed by atoms with Crippen molar-refractivity contribution in [1.82, 2.24) is 0 Å². The van der Waals surface area contributed by atoms with Gasteiger partial charge in [0.25, 0.3) is 0 Å². The quantitative estimate of drug-likeness (QED) is 0.332. The van der Waals surface area contributed by atoms with E-state index in [0.29, 0.717) is 0 Å². The van der Waals surface area contributed by atoms with E-state index in [1.54, 1.807) is 0 Å². The van der Waals surface area contributed by atoms with Crippen LogP contribution >= 0.6 is 0 Å². The molecule has 0 saturated carbocycles. The van der Waals surface area contributed by atoms with E-state index in [4.69, 9.17) is 19.5 Å². The van der Waals surface area contributed by atoms with Crippen molar-refractivity contribution in [3.63, 3.8) is 0 Å². The molecule has 0 aromatic heterocycles. The van der Waals surface area contributed by atoms with E-state index < -0.39 is 14.7 Å². The first kappa shape index (κ1) is 15.8. The maximum absolute atomic E-state index is 8.25. The predicted octanol–water partition coefficient (Wildman–Crippen LogP) is -3.38. The molecule has 0 heterocycles. The van der Waals surface area contributed by atoms with E-state index >= 15 is 0 Å². The Morgan fingerprint density at radius 1 is 1.00 bits per heavy atom. The van der Waals surface area contributed by atoms with Crippen molar-refractivity contribution < 1.29 is 36.2 Å². The van der Waals surface area contributed by atoms with Crippen LogP contribution in [-0.2, 0) is 26.2 Å². The van der Waals surface area contributed by atoms with Gasteiger partial charge in [-0.25, -0.2) is 0 Å². The second-order valence-electron chi connectivity index (χ2n) is 0.192. The molecule has 0 spiro atoms. The van der Waals surface area contributed by atoms with E-state index in [1.807, 2.05) is 0 Å². The molecule has 0 fully saturated rings. The maximum atomic E-state index is 8.25. The molecule has 0 bridgehead atoms. The van der Waals surface area contributed by atoms with E-state index in [9.17, 15) is 0 Å². The first-order valence-electron chi connectivity index (χ1n) is 0.943. The molecule has 1 radical (unpaired) electrons. The SMILES string of the molecule is O=B[O-].O=B[O-].[Co+2]. The van der Waals surface area contributed by atoms with Crippen molar-refractivity contribution in [1.29, 1.82) is 0 Å². The van der Waals surface area contributed by atoms with Crippen LogP contribution in [0.4, 0.5) is 0 Å². The fraction of sp³-hybridized carbons (Fsp3) is 0. The summed E-state index contributed by atoms with van der Waals surface area (Å²) >= 11 is 0. The zero-order valence-corrected chi connectivity index (χ0v) is 4.16. The van der Waals surface area contributed by atoms with Crippen molar-refractivity contribution in [2.24, 2.45) is 0 Å². The molecule has 0 aromatic carbocycles. The van der Waals surface area contributed by atoms with Crippen molar-refractivity contribution in [3.8, 4) is 0 Å². The molecule has 0 aliphatic rings. The normalized spacial score (nSPS) is 2.29. The minimum atomic E-state index is -0.500. The van der Waals surface area contributed by atoms with Gasteiger partial charge >= 0.3 is 50.9 Å². The molecule has 0 atom stereocenters. The molecule has 0 N–H and O–H groups in total. The van der Waals surface area contributed by atoms with Crippen molar-refractivity contribution in [2.75, 3.05) is 0 Å². The van der Waals surface area contributed by atoms with Gasteiger partial charge in [0.05, 0.1) is 0 Å². The number of hydrogen-bond donors (Lipinski definition) is 0. The zero-order valence-electron chi connectivity index (χ0n) is 3.12. The van der Waals surface area contributed by atoms with E-state index in [2.05, 4.69) is 0 Å². The van der Waals surface area contributed by atoms with Crippen LogP contribution in [0.25, 0.3) is 0 Å². The Hall–Kier alpha value is -0.164. The van der Waals surface area contributed by atoms with E-state index in [-0.39, 0.29) is 16.8 Å². The number of hydrogen-bond acceptors (Lipinski definition) is 4. The van der Waals surface area contributed by atoms with Crippen LogP contribution in [0.1, 0.15) is 0 Å². The van der Waals surface area contributed by atoms with Gasteiger partial charge in [0, 0.05) is 0 Å². The molecule has 7 heavy (non-hydrogen) atoms. The smallest absolute Gasteiger partial charge is 2.00 e. The summed E-state index contributed by atoms with van der Waals surface area (Å²) < 4.78 is 16.5. The van der Waals surface area contributed by atoms with Gasteiger partial charge in [0.15, 0.2) is 0 Å². The van der Waals surface area contributed by atoms with Crippen LogP contribution < -0.4 is 10.0 Å². The molecule has 0 aliphatic heterocycles. The first-order valence-corrected chi connectivity index (χ1v) is 0.943. The second-order valence-corrected chi connectivity index (χ2v) is 0.192. The van der Waals surface area contributed by atoms with Gasteiger partial charge in [-0.2, -0.15) is 0 Å². The summed E-state index contributed by atoms with van der Waals surface area (Å²) in [7, 11) is -1.00. The van der Waals surface area contributed by atoms with Crippen LogP contribution in [0.15, 0.2) is 0 Å². The minimum Gasteiger partial charge on any atom is 2.00 e. The van der Waals surface area contributed by atoms with Gasteiger partial charge in [-0.1, -0.05) is 0 Å². The summed E-state index contributed by atoms with van der Waals surface area (Å²) in [6.07, 6.45) is 0. The van der Waals surface area contributed by atoms with Gasteiger partial charge < -0.3 is 0 Å². The maximum Gasteiger partial charge on any atom is 2.00 e. The number of rotatable bonds is 0. The van der Waals surface area contributed by atoms with Crippen LogP contribution in [0.2, 0.25) is 0 Å². The molecular formula is B2CoO4. The summed E-state index contributed by atoms with van der Waals surface area (Å²) in [4.78, 5) is 0. The second kappa shape index (κ2) is 40.5. The minimum absolute atomic E-state index is 0. The molecule has 0 unspecified atom stereocenters. The first-order chi connectivity index (χ1) is 2.83. The molecule has 0 saturated heterocycles. The van der Waals surface area contributed by atoms with E-state index in [0.717, 1.165) is 0 Å². The van der Waals surface area contributed by atoms with Crippen molar-refractivity contribution in [3.05, 3.63) is 0 Å². The van der Waals surface area contributed by atoms with Crippen LogP contribution in [0, 0.1) is 0 Å².